The minimum atomic E-state index is -0.316. The first kappa shape index (κ1) is 23.7. The molecule has 3 aromatic rings. The van der Waals surface area contributed by atoms with Crippen LogP contribution in [-0.4, -0.2) is 35.0 Å². The Kier molecular flexibility index (Phi) is 5.78. The number of methoxy groups -OCH3 is 1. The quantitative estimate of drug-likeness (QED) is 0.405. The smallest absolute Gasteiger partial charge is 0.257 e. The number of phenols is 1. The number of carbonyl (C=O) groups is 1. The van der Waals surface area contributed by atoms with E-state index in [-0.39, 0.29) is 24.5 Å². The molecule has 2 N–H and O–H groups in total. The van der Waals surface area contributed by atoms with Gasteiger partial charge in [0.25, 0.3) is 5.91 Å². The molecule has 10 heteroatoms. The minimum absolute atomic E-state index is 0.0115. The predicted octanol–water partition coefficient (Wildman–Crippen LogP) is 5.44. The summed E-state index contributed by atoms with van der Waals surface area (Å²) in [5.41, 5.74) is 4.20. The Morgan fingerprint density at radius 2 is 1.97 bits per heavy atom. The molecule has 3 heterocycles. The SMILES string of the molecule is COc1cc2c(cc1O)C(C(=O)Nc1c(C)noc1C)=CN(Cc1cc3c(cc1Br)OCO3)C2C1CC1. The molecule has 9 nitrogen and oxygen atoms in total. The van der Waals surface area contributed by atoms with Gasteiger partial charge in [-0.1, -0.05) is 21.1 Å². The van der Waals surface area contributed by atoms with E-state index in [0.717, 1.165) is 28.4 Å². The molecule has 1 saturated carbocycles. The van der Waals surface area contributed by atoms with Gasteiger partial charge in [0.2, 0.25) is 6.79 Å². The van der Waals surface area contributed by atoms with Gasteiger partial charge in [-0.15, -0.1) is 0 Å². The zero-order chi connectivity index (χ0) is 25.8. The zero-order valence-electron chi connectivity index (χ0n) is 20.6. The molecular formula is C27H26BrN3O6. The molecule has 1 fully saturated rings. The Morgan fingerprint density at radius 1 is 1.22 bits per heavy atom. The first-order valence-corrected chi connectivity index (χ1v) is 12.8. The van der Waals surface area contributed by atoms with Gasteiger partial charge in [0, 0.05) is 17.2 Å². The molecule has 1 aromatic heterocycles. The first-order valence-electron chi connectivity index (χ1n) is 12.0. The molecule has 37 heavy (non-hydrogen) atoms. The van der Waals surface area contributed by atoms with Crippen LogP contribution in [0.15, 0.2) is 39.5 Å². The largest absolute Gasteiger partial charge is 0.504 e. The van der Waals surface area contributed by atoms with E-state index in [9.17, 15) is 9.90 Å². The van der Waals surface area contributed by atoms with Crippen LogP contribution in [0.3, 0.4) is 0 Å². The highest BCUT2D eigenvalue weighted by molar-refractivity contribution is 9.10. The minimum Gasteiger partial charge on any atom is -0.504 e. The van der Waals surface area contributed by atoms with Crippen LogP contribution < -0.4 is 19.5 Å². The number of amides is 1. The van der Waals surface area contributed by atoms with E-state index in [2.05, 4.69) is 31.3 Å². The predicted molar refractivity (Wildman–Crippen MR) is 139 cm³/mol. The lowest BCUT2D eigenvalue weighted by molar-refractivity contribution is -0.111. The van der Waals surface area contributed by atoms with E-state index >= 15 is 0 Å². The summed E-state index contributed by atoms with van der Waals surface area (Å²) in [6.07, 6.45) is 4.06. The summed E-state index contributed by atoms with van der Waals surface area (Å²) in [5, 5.41) is 17.5. The average Bonchev–Trinajstić information content (AvgIpc) is 3.54. The lowest BCUT2D eigenvalue weighted by Gasteiger charge is -2.38. The number of aromatic nitrogens is 1. The van der Waals surface area contributed by atoms with Crippen LogP contribution in [-0.2, 0) is 11.3 Å². The van der Waals surface area contributed by atoms with Crippen LogP contribution in [0.2, 0.25) is 0 Å². The maximum atomic E-state index is 13.7. The maximum Gasteiger partial charge on any atom is 0.257 e. The molecule has 0 saturated heterocycles. The number of ether oxygens (including phenoxy) is 3. The fourth-order valence-electron chi connectivity index (χ4n) is 5.10. The van der Waals surface area contributed by atoms with Crippen molar-refractivity contribution in [3.05, 3.63) is 63.1 Å². The number of hydrogen-bond acceptors (Lipinski definition) is 8. The summed E-state index contributed by atoms with van der Waals surface area (Å²) in [4.78, 5) is 15.9. The summed E-state index contributed by atoms with van der Waals surface area (Å²) in [5.74, 6) is 2.39. The number of rotatable bonds is 6. The van der Waals surface area contributed by atoms with Crippen molar-refractivity contribution in [2.45, 2.75) is 39.3 Å². The standard InChI is InChI=1S/C27H26BrN3O6/c1-13-25(14(2)37-30-13)29-27(33)19-11-31(10-16-6-23-24(9-20(16)28)36-12-35-23)26(15-4-5-15)18-8-22(34-3)21(32)7-17(18)19/h6-9,11,15,26,32H,4-5,10,12H2,1-3H3,(H,29,33). The van der Waals surface area contributed by atoms with Crippen LogP contribution in [0.25, 0.3) is 5.57 Å². The first-order chi connectivity index (χ1) is 17.8. The van der Waals surface area contributed by atoms with E-state index in [4.69, 9.17) is 18.7 Å². The second kappa shape index (κ2) is 9.02. The summed E-state index contributed by atoms with van der Waals surface area (Å²) in [6, 6.07) is 7.37. The maximum absolute atomic E-state index is 13.7. The number of halogens is 1. The molecule has 6 rings (SSSR count). The fraction of sp³-hybridized carbons (Fsp3) is 0.333. The molecule has 0 radical (unpaired) electrons. The van der Waals surface area contributed by atoms with E-state index in [1.54, 1.807) is 19.9 Å². The van der Waals surface area contributed by atoms with Crippen LogP contribution in [0.5, 0.6) is 23.0 Å². The van der Waals surface area contributed by atoms with Gasteiger partial charge in [-0.3, -0.25) is 4.79 Å². The van der Waals surface area contributed by atoms with E-state index < -0.39 is 0 Å². The third-order valence-electron chi connectivity index (χ3n) is 7.09. The number of nitrogens with one attached hydrogen (secondary N) is 1. The van der Waals surface area contributed by atoms with E-state index in [1.165, 1.54) is 7.11 Å². The molecule has 2 aliphatic heterocycles. The van der Waals surface area contributed by atoms with Crippen LogP contribution in [0.1, 0.15) is 47.0 Å². The highest BCUT2D eigenvalue weighted by atomic mass is 79.9. The molecule has 192 valence electrons. The summed E-state index contributed by atoms with van der Waals surface area (Å²) < 4.78 is 22.7. The molecule has 1 amide bonds. The van der Waals surface area contributed by atoms with Gasteiger partial charge in [0.05, 0.1) is 18.7 Å². The zero-order valence-corrected chi connectivity index (χ0v) is 22.2. The molecular weight excluding hydrogens is 542 g/mol. The van der Waals surface area contributed by atoms with Gasteiger partial charge in [0.1, 0.15) is 11.4 Å². The number of aryl methyl sites for hydroxylation is 2. The fourth-order valence-corrected chi connectivity index (χ4v) is 5.55. The molecule has 1 atom stereocenters. The van der Waals surface area contributed by atoms with E-state index in [1.807, 2.05) is 24.4 Å². The Balaban J connectivity index is 1.44. The monoisotopic (exact) mass is 567 g/mol. The number of benzene rings is 2. The summed E-state index contributed by atoms with van der Waals surface area (Å²) in [7, 11) is 1.53. The van der Waals surface area contributed by atoms with Gasteiger partial charge in [-0.25, -0.2) is 0 Å². The molecule has 1 unspecified atom stereocenters. The number of anilines is 1. The molecule has 0 bridgehead atoms. The second-order valence-electron chi connectivity index (χ2n) is 9.56. The number of nitrogens with zero attached hydrogens (tertiary/aromatic N) is 2. The van der Waals surface area contributed by atoms with Crippen molar-refractivity contribution in [3.8, 4) is 23.0 Å². The normalized spacial score (nSPS) is 17.9. The Hall–Kier alpha value is -3.66. The van der Waals surface area contributed by atoms with Crippen molar-refractivity contribution in [2.75, 3.05) is 19.2 Å². The van der Waals surface area contributed by atoms with Crippen molar-refractivity contribution in [2.24, 2.45) is 5.92 Å². The Labute approximate surface area is 222 Å². The van der Waals surface area contributed by atoms with Gasteiger partial charge < -0.3 is 34.1 Å². The topological polar surface area (TPSA) is 106 Å². The third-order valence-corrected chi connectivity index (χ3v) is 7.83. The number of fused-ring (bicyclic) bond motifs is 2. The highest BCUT2D eigenvalue weighted by Crippen LogP contribution is 2.52. The van der Waals surface area contributed by atoms with Crippen molar-refractivity contribution in [1.29, 1.82) is 0 Å². The van der Waals surface area contributed by atoms with Crippen LogP contribution >= 0.6 is 15.9 Å². The number of carbonyl (C=O) groups excluding carboxylic acids is 1. The second-order valence-corrected chi connectivity index (χ2v) is 10.4. The lowest BCUT2D eigenvalue weighted by Crippen LogP contribution is -2.32. The number of aromatic hydroxyl groups is 1. The van der Waals surface area contributed by atoms with Gasteiger partial charge in [-0.2, -0.15) is 0 Å². The lowest BCUT2D eigenvalue weighted by atomic mass is 9.87. The number of phenolic OH excluding ortho intramolecular Hbond substituents is 1. The van der Waals surface area contributed by atoms with Crippen molar-refractivity contribution < 1.29 is 28.6 Å². The van der Waals surface area contributed by atoms with Crippen molar-refractivity contribution in [1.82, 2.24) is 10.1 Å². The van der Waals surface area contributed by atoms with E-state index in [0.29, 0.717) is 58.0 Å². The van der Waals surface area contributed by atoms with Crippen LogP contribution in [0, 0.1) is 19.8 Å². The average molecular weight is 568 g/mol. The number of hydrogen-bond donors (Lipinski definition) is 2. The molecule has 2 aromatic carbocycles. The third kappa shape index (κ3) is 4.19. The highest BCUT2D eigenvalue weighted by Gasteiger charge is 2.41. The van der Waals surface area contributed by atoms with Gasteiger partial charge in [0.15, 0.2) is 28.8 Å². The Bertz CT molecular complexity index is 1420. The Morgan fingerprint density at radius 3 is 2.65 bits per heavy atom. The molecule has 0 spiro atoms. The molecule has 1 aliphatic carbocycles. The van der Waals surface area contributed by atoms with Crippen molar-refractivity contribution >= 4 is 33.1 Å². The molecule has 3 aliphatic rings. The van der Waals surface area contributed by atoms with Crippen LogP contribution in [0.4, 0.5) is 5.69 Å². The van der Waals surface area contributed by atoms with Gasteiger partial charge in [-0.05, 0) is 73.6 Å². The van der Waals surface area contributed by atoms with Gasteiger partial charge >= 0.3 is 0 Å². The summed E-state index contributed by atoms with van der Waals surface area (Å²) in [6.45, 7) is 4.26. The van der Waals surface area contributed by atoms with Crippen molar-refractivity contribution in [3.63, 3.8) is 0 Å². The summed E-state index contributed by atoms with van der Waals surface area (Å²) >= 11 is 3.68.